The van der Waals surface area contributed by atoms with Crippen molar-refractivity contribution < 1.29 is 19.1 Å². The standard InChI is InChI=1S/C23H16Cl4N4O4/c24-14-8-9-17(16(26)10-14)29-20(32)12-35-19-7-2-1-4-13(19)11-28-31-23(34)22(33)30-18-6-3-5-15(25)21(18)27/h1-11H,12H2,(H,29,32)(H,30,33)(H,31,34)/b28-11-. The summed E-state index contributed by atoms with van der Waals surface area (Å²) in [5, 5.41) is 9.78. The Hall–Kier alpha value is -3.30. The zero-order valence-corrected chi connectivity index (χ0v) is 20.7. The van der Waals surface area contributed by atoms with Crippen LogP contribution >= 0.6 is 46.4 Å². The van der Waals surface area contributed by atoms with E-state index in [1.807, 2.05) is 0 Å². The van der Waals surface area contributed by atoms with Gasteiger partial charge in [-0.15, -0.1) is 0 Å². The number of rotatable bonds is 7. The second kappa shape index (κ2) is 12.4. The van der Waals surface area contributed by atoms with Crippen LogP contribution in [-0.2, 0) is 14.4 Å². The van der Waals surface area contributed by atoms with Gasteiger partial charge in [-0.1, -0.05) is 64.6 Å². The topological polar surface area (TPSA) is 109 Å². The predicted molar refractivity (Wildman–Crippen MR) is 138 cm³/mol. The Morgan fingerprint density at radius 2 is 1.60 bits per heavy atom. The van der Waals surface area contributed by atoms with Gasteiger partial charge in [-0.3, -0.25) is 14.4 Å². The van der Waals surface area contributed by atoms with Crippen LogP contribution in [0.2, 0.25) is 20.1 Å². The number of hydrogen-bond donors (Lipinski definition) is 3. The quantitative estimate of drug-likeness (QED) is 0.206. The van der Waals surface area contributed by atoms with E-state index in [0.717, 1.165) is 0 Å². The van der Waals surface area contributed by atoms with Crippen LogP contribution < -0.4 is 20.8 Å². The minimum absolute atomic E-state index is 0.104. The first-order valence-corrected chi connectivity index (χ1v) is 11.3. The van der Waals surface area contributed by atoms with Crippen molar-refractivity contribution in [2.75, 3.05) is 17.2 Å². The molecule has 0 aliphatic carbocycles. The first-order valence-electron chi connectivity index (χ1n) is 9.79. The molecule has 0 heterocycles. The molecule has 12 heteroatoms. The third-order valence-corrected chi connectivity index (χ3v) is 5.63. The van der Waals surface area contributed by atoms with Crippen molar-refractivity contribution >= 4 is 81.7 Å². The summed E-state index contributed by atoms with van der Waals surface area (Å²) >= 11 is 23.8. The second-order valence-corrected chi connectivity index (χ2v) is 8.38. The number of hydrazone groups is 1. The molecule has 0 saturated carbocycles. The number of para-hydroxylation sites is 1. The number of nitrogens with zero attached hydrogens (tertiary/aromatic N) is 1. The zero-order valence-electron chi connectivity index (χ0n) is 17.7. The molecule has 180 valence electrons. The maximum absolute atomic E-state index is 12.2. The van der Waals surface area contributed by atoms with Crippen LogP contribution in [0.5, 0.6) is 5.75 Å². The summed E-state index contributed by atoms with van der Waals surface area (Å²) in [5.74, 6) is -2.16. The van der Waals surface area contributed by atoms with E-state index in [4.69, 9.17) is 51.1 Å². The predicted octanol–water partition coefficient (Wildman–Crippen LogP) is 5.41. The Labute approximate surface area is 220 Å². The lowest BCUT2D eigenvalue weighted by molar-refractivity contribution is -0.136. The molecule has 35 heavy (non-hydrogen) atoms. The fraction of sp³-hybridized carbons (Fsp3) is 0.0435. The largest absolute Gasteiger partial charge is 0.483 e. The fourth-order valence-electron chi connectivity index (χ4n) is 2.63. The lowest BCUT2D eigenvalue weighted by atomic mass is 10.2. The molecule has 3 amide bonds. The number of ether oxygens (including phenoxy) is 1. The van der Waals surface area contributed by atoms with Crippen molar-refractivity contribution in [2.45, 2.75) is 0 Å². The van der Waals surface area contributed by atoms with E-state index < -0.39 is 17.7 Å². The number of carbonyl (C=O) groups is 3. The van der Waals surface area contributed by atoms with Crippen molar-refractivity contribution in [2.24, 2.45) is 5.10 Å². The number of halogens is 4. The number of benzene rings is 3. The van der Waals surface area contributed by atoms with Gasteiger partial charge in [0.1, 0.15) is 5.75 Å². The van der Waals surface area contributed by atoms with Gasteiger partial charge in [-0.05, 0) is 42.5 Å². The van der Waals surface area contributed by atoms with Gasteiger partial charge < -0.3 is 15.4 Å². The highest BCUT2D eigenvalue weighted by molar-refractivity contribution is 6.45. The van der Waals surface area contributed by atoms with Gasteiger partial charge in [-0.25, -0.2) is 5.43 Å². The molecule has 0 saturated heterocycles. The molecule has 3 rings (SSSR count). The van der Waals surface area contributed by atoms with Crippen LogP contribution in [0.3, 0.4) is 0 Å². The smallest absolute Gasteiger partial charge is 0.329 e. The van der Waals surface area contributed by atoms with Crippen LogP contribution in [0.15, 0.2) is 65.8 Å². The summed E-state index contributed by atoms with van der Waals surface area (Å²) in [6, 6.07) is 15.9. The van der Waals surface area contributed by atoms with Crippen LogP contribution in [-0.4, -0.2) is 30.5 Å². The molecule has 0 unspecified atom stereocenters. The summed E-state index contributed by atoms with van der Waals surface area (Å²) in [6.07, 6.45) is 1.26. The number of carbonyl (C=O) groups excluding carboxylic acids is 3. The summed E-state index contributed by atoms with van der Waals surface area (Å²) in [7, 11) is 0. The molecule has 0 atom stereocenters. The van der Waals surface area contributed by atoms with Gasteiger partial charge in [0, 0.05) is 10.6 Å². The minimum atomic E-state index is -1.03. The molecule has 3 aromatic rings. The Balaban J connectivity index is 1.56. The first-order chi connectivity index (χ1) is 16.7. The summed E-state index contributed by atoms with van der Waals surface area (Å²) in [4.78, 5) is 36.3. The van der Waals surface area contributed by atoms with Gasteiger partial charge in [0.2, 0.25) is 0 Å². The molecule has 0 radical (unpaired) electrons. The fourth-order valence-corrected chi connectivity index (χ4v) is 3.43. The van der Waals surface area contributed by atoms with Gasteiger partial charge in [0.05, 0.1) is 32.7 Å². The summed E-state index contributed by atoms with van der Waals surface area (Å²) in [5.41, 5.74) is 3.12. The van der Waals surface area contributed by atoms with E-state index in [1.54, 1.807) is 48.5 Å². The van der Waals surface area contributed by atoms with Gasteiger partial charge in [0.25, 0.3) is 5.91 Å². The number of hydrogen-bond acceptors (Lipinski definition) is 5. The Bertz CT molecular complexity index is 1300. The molecule has 0 fully saturated rings. The Kier molecular flexibility index (Phi) is 9.33. The highest BCUT2D eigenvalue weighted by Crippen LogP contribution is 2.29. The Morgan fingerprint density at radius 3 is 2.37 bits per heavy atom. The van der Waals surface area contributed by atoms with Crippen LogP contribution in [0.1, 0.15) is 5.56 Å². The van der Waals surface area contributed by atoms with Gasteiger partial charge in [-0.2, -0.15) is 5.10 Å². The molecule has 0 aliphatic rings. The molecule has 3 aromatic carbocycles. The van der Waals surface area contributed by atoms with Gasteiger partial charge >= 0.3 is 11.8 Å². The molecule has 8 nitrogen and oxygen atoms in total. The third kappa shape index (κ3) is 7.60. The highest BCUT2D eigenvalue weighted by Gasteiger charge is 2.15. The van der Waals surface area contributed by atoms with Crippen molar-refractivity contribution in [3.05, 3.63) is 86.3 Å². The minimum Gasteiger partial charge on any atom is -0.483 e. The summed E-state index contributed by atoms with van der Waals surface area (Å²) in [6.45, 7) is -0.320. The maximum atomic E-state index is 12.2. The molecule has 0 aliphatic heterocycles. The average Bonchev–Trinajstić information content (AvgIpc) is 2.83. The SMILES string of the molecule is O=C(COc1ccccc1/C=N\NC(=O)C(=O)Nc1cccc(Cl)c1Cl)Nc1ccc(Cl)cc1Cl. The number of amides is 3. The lowest BCUT2D eigenvalue weighted by Crippen LogP contribution is -2.32. The van der Waals surface area contributed by atoms with E-state index in [9.17, 15) is 14.4 Å². The lowest BCUT2D eigenvalue weighted by Gasteiger charge is -2.10. The van der Waals surface area contributed by atoms with E-state index >= 15 is 0 Å². The van der Waals surface area contributed by atoms with Crippen molar-refractivity contribution in [3.8, 4) is 5.75 Å². The normalized spacial score (nSPS) is 10.6. The van der Waals surface area contributed by atoms with Crippen LogP contribution in [0, 0.1) is 0 Å². The van der Waals surface area contributed by atoms with E-state index in [0.29, 0.717) is 22.0 Å². The highest BCUT2D eigenvalue weighted by atomic mass is 35.5. The van der Waals surface area contributed by atoms with Crippen molar-refractivity contribution in [3.63, 3.8) is 0 Å². The first kappa shape index (κ1) is 26.3. The summed E-state index contributed by atoms with van der Waals surface area (Å²) < 4.78 is 5.55. The molecular formula is C23H16Cl4N4O4. The van der Waals surface area contributed by atoms with Crippen molar-refractivity contribution in [1.82, 2.24) is 5.43 Å². The van der Waals surface area contributed by atoms with Crippen molar-refractivity contribution in [1.29, 1.82) is 0 Å². The molecule has 3 N–H and O–H groups in total. The van der Waals surface area contributed by atoms with E-state index in [2.05, 4.69) is 21.2 Å². The molecular weight excluding hydrogens is 538 g/mol. The average molecular weight is 554 g/mol. The van der Waals surface area contributed by atoms with Crippen LogP contribution in [0.4, 0.5) is 11.4 Å². The van der Waals surface area contributed by atoms with Crippen LogP contribution in [0.25, 0.3) is 0 Å². The van der Waals surface area contributed by atoms with E-state index in [-0.39, 0.29) is 27.4 Å². The number of nitrogens with one attached hydrogen (secondary N) is 3. The third-order valence-electron chi connectivity index (χ3n) is 4.26. The van der Waals surface area contributed by atoms with Gasteiger partial charge in [0.15, 0.2) is 6.61 Å². The maximum Gasteiger partial charge on any atom is 0.329 e. The molecule has 0 bridgehead atoms. The molecule has 0 aromatic heterocycles. The zero-order chi connectivity index (χ0) is 25.4. The second-order valence-electron chi connectivity index (χ2n) is 6.75. The number of anilines is 2. The molecule has 0 spiro atoms. The monoisotopic (exact) mass is 552 g/mol. The Morgan fingerprint density at radius 1 is 0.829 bits per heavy atom. The van der Waals surface area contributed by atoms with E-state index in [1.165, 1.54) is 18.3 Å².